The molecule has 7 heteroatoms. The lowest BCUT2D eigenvalue weighted by Crippen LogP contribution is -2.60. The molecule has 4 N–H and O–H groups in total. The number of carbonyl (C=O) groups excluding carboxylic acids is 2. The SMILES string of the molecule is CCC1NNC(C(=O)N2CCC3(CC2)Nc2ccccc2NC3=O)C1C. The first-order chi connectivity index (χ1) is 12.5. The molecular weight excluding hydrogens is 330 g/mol. The van der Waals surface area contributed by atoms with Gasteiger partial charge in [0.05, 0.1) is 11.4 Å². The number of piperidine rings is 1. The Morgan fingerprint density at radius 1 is 1.19 bits per heavy atom. The second-order valence-corrected chi connectivity index (χ2v) is 7.67. The van der Waals surface area contributed by atoms with Crippen LogP contribution in [0.4, 0.5) is 11.4 Å². The van der Waals surface area contributed by atoms with Crippen LogP contribution in [-0.4, -0.2) is 47.4 Å². The minimum atomic E-state index is -0.621. The number of carbonyl (C=O) groups is 2. The summed E-state index contributed by atoms with van der Waals surface area (Å²) < 4.78 is 0. The van der Waals surface area contributed by atoms with Crippen LogP contribution in [0.25, 0.3) is 0 Å². The Morgan fingerprint density at radius 2 is 1.88 bits per heavy atom. The highest BCUT2D eigenvalue weighted by Gasteiger charge is 2.46. The molecule has 0 radical (unpaired) electrons. The lowest BCUT2D eigenvalue weighted by Gasteiger charge is -2.44. The number of anilines is 2. The predicted molar refractivity (Wildman–Crippen MR) is 101 cm³/mol. The molecule has 3 aliphatic heterocycles. The molecule has 26 heavy (non-hydrogen) atoms. The van der Waals surface area contributed by atoms with Crippen LogP contribution in [0.2, 0.25) is 0 Å². The highest BCUT2D eigenvalue weighted by atomic mass is 16.2. The molecule has 2 amide bonds. The molecule has 7 nitrogen and oxygen atoms in total. The fourth-order valence-electron chi connectivity index (χ4n) is 4.37. The van der Waals surface area contributed by atoms with Crippen LogP contribution >= 0.6 is 0 Å². The summed E-state index contributed by atoms with van der Waals surface area (Å²) in [7, 11) is 0. The Bertz CT molecular complexity index is 714. The number of nitrogens with one attached hydrogen (secondary N) is 4. The van der Waals surface area contributed by atoms with Crippen molar-refractivity contribution in [1.82, 2.24) is 15.8 Å². The van der Waals surface area contributed by atoms with E-state index in [9.17, 15) is 9.59 Å². The van der Waals surface area contributed by atoms with E-state index in [1.54, 1.807) is 0 Å². The molecule has 4 rings (SSSR count). The monoisotopic (exact) mass is 357 g/mol. The van der Waals surface area contributed by atoms with Gasteiger partial charge in [0.15, 0.2) is 0 Å². The van der Waals surface area contributed by atoms with Crippen molar-refractivity contribution in [2.45, 2.75) is 50.7 Å². The number of amides is 2. The average Bonchev–Trinajstić information content (AvgIpc) is 3.03. The van der Waals surface area contributed by atoms with Crippen LogP contribution in [0, 0.1) is 5.92 Å². The molecule has 0 aromatic heterocycles. The third kappa shape index (κ3) is 2.75. The van der Waals surface area contributed by atoms with E-state index in [1.807, 2.05) is 29.2 Å². The minimum absolute atomic E-state index is 0.00312. The van der Waals surface area contributed by atoms with Gasteiger partial charge >= 0.3 is 0 Å². The molecule has 3 unspecified atom stereocenters. The molecule has 2 saturated heterocycles. The fourth-order valence-corrected chi connectivity index (χ4v) is 4.37. The summed E-state index contributed by atoms with van der Waals surface area (Å²) in [6, 6.07) is 7.88. The van der Waals surface area contributed by atoms with Gasteiger partial charge < -0.3 is 15.5 Å². The van der Waals surface area contributed by atoms with Crippen LogP contribution in [0.1, 0.15) is 33.1 Å². The van der Waals surface area contributed by atoms with Crippen LogP contribution in [0.3, 0.4) is 0 Å². The highest BCUT2D eigenvalue weighted by molar-refractivity contribution is 6.06. The van der Waals surface area contributed by atoms with E-state index in [-0.39, 0.29) is 23.8 Å². The van der Waals surface area contributed by atoms with Crippen LogP contribution in [0.15, 0.2) is 24.3 Å². The van der Waals surface area contributed by atoms with Crippen LogP contribution < -0.4 is 21.5 Å². The zero-order valence-corrected chi connectivity index (χ0v) is 15.3. The largest absolute Gasteiger partial charge is 0.369 e. The van der Waals surface area contributed by atoms with Crippen molar-refractivity contribution < 1.29 is 9.59 Å². The number of rotatable bonds is 2. The van der Waals surface area contributed by atoms with Crippen molar-refractivity contribution in [2.24, 2.45) is 5.92 Å². The Labute approximate surface area is 153 Å². The highest BCUT2D eigenvalue weighted by Crippen LogP contribution is 2.36. The minimum Gasteiger partial charge on any atom is -0.369 e. The Morgan fingerprint density at radius 3 is 2.54 bits per heavy atom. The summed E-state index contributed by atoms with van der Waals surface area (Å²) in [6.07, 6.45) is 2.22. The van der Waals surface area contributed by atoms with E-state index in [4.69, 9.17) is 0 Å². The number of nitrogens with zero attached hydrogens (tertiary/aromatic N) is 1. The summed E-state index contributed by atoms with van der Waals surface area (Å²) >= 11 is 0. The maximum Gasteiger partial charge on any atom is 0.250 e. The van der Waals surface area contributed by atoms with E-state index >= 15 is 0 Å². The van der Waals surface area contributed by atoms with E-state index in [2.05, 4.69) is 35.3 Å². The molecule has 3 heterocycles. The molecule has 1 aromatic carbocycles. The second-order valence-electron chi connectivity index (χ2n) is 7.67. The summed E-state index contributed by atoms with van der Waals surface area (Å²) in [5.74, 6) is 0.391. The lowest BCUT2D eigenvalue weighted by molar-refractivity contribution is -0.137. The van der Waals surface area contributed by atoms with Gasteiger partial charge in [-0.3, -0.25) is 15.0 Å². The predicted octanol–water partition coefficient (Wildman–Crippen LogP) is 1.30. The standard InChI is InChI=1S/C19H27N5O2/c1-3-13-12(2)16(23-22-13)17(25)24-10-8-19(9-11-24)18(26)20-14-6-4-5-7-15(14)21-19/h4-7,12-13,16,21-23H,3,8-11H2,1-2H3,(H,20,26). The summed E-state index contributed by atoms with van der Waals surface area (Å²) in [5, 5.41) is 6.45. The van der Waals surface area contributed by atoms with Crippen LogP contribution in [0.5, 0.6) is 0 Å². The Kier molecular flexibility index (Phi) is 4.36. The second kappa shape index (κ2) is 6.55. The Balaban J connectivity index is 1.43. The van der Waals surface area contributed by atoms with Crippen molar-refractivity contribution in [3.63, 3.8) is 0 Å². The van der Waals surface area contributed by atoms with Gasteiger partial charge in [-0.05, 0) is 37.3 Å². The maximum atomic E-state index is 12.9. The maximum absolute atomic E-state index is 12.9. The quantitative estimate of drug-likeness (QED) is 0.641. The van der Waals surface area contributed by atoms with Gasteiger partial charge in [0.25, 0.3) is 0 Å². The zero-order chi connectivity index (χ0) is 18.3. The topological polar surface area (TPSA) is 85.5 Å². The summed E-state index contributed by atoms with van der Waals surface area (Å²) in [4.78, 5) is 27.5. The molecule has 2 fully saturated rings. The van der Waals surface area contributed by atoms with Gasteiger partial charge in [-0.2, -0.15) is 0 Å². The first kappa shape index (κ1) is 17.3. The van der Waals surface area contributed by atoms with Crippen molar-refractivity contribution in [3.8, 4) is 0 Å². The third-order valence-corrected chi connectivity index (χ3v) is 6.20. The van der Waals surface area contributed by atoms with Crippen molar-refractivity contribution >= 4 is 23.2 Å². The number of hydrogen-bond acceptors (Lipinski definition) is 5. The fraction of sp³-hybridized carbons (Fsp3) is 0.579. The van der Waals surface area contributed by atoms with Gasteiger partial charge in [-0.15, -0.1) is 0 Å². The third-order valence-electron chi connectivity index (χ3n) is 6.20. The molecule has 1 spiro atoms. The van der Waals surface area contributed by atoms with E-state index in [0.29, 0.717) is 32.0 Å². The van der Waals surface area contributed by atoms with Crippen molar-refractivity contribution in [3.05, 3.63) is 24.3 Å². The summed E-state index contributed by atoms with van der Waals surface area (Å²) in [5.41, 5.74) is 7.54. The smallest absolute Gasteiger partial charge is 0.250 e. The molecule has 3 aliphatic rings. The molecule has 140 valence electrons. The van der Waals surface area contributed by atoms with Gasteiger partial charge in [-0.25, -0.2) is 5.43 Å². The van der Waals surface area contributed by atoms with E-state index in [0.717, 1.165) is 17.8 Å². The van der Waals surface area contributed by atoms with Crippen molar-refractivity contribution in [1.29, 1.82) is 0 Å². The normalized spacial score (nSPS) is 29.8. The number of hydrazine groups is 1. The van der Waals surface area contributed by atoms with E-state index < -0.39 is 5.54 Å². The Hall–Kier alpha value is -2.12. The van der Waals surface area contributed by atoms with Gasteiger partial charge in [-0.1, -0.05) is 26.0 Å². The van der Waals surface area contributed by atoms with Crippen LogP contribution in [-0.2, 0) is 9.59 Å². The molecule has 1 aromatic rings. The number of hydrogen-bond donors (Lipinski definition) is 4. The van der Waals surface area contributed by atoms with Crippen molar-refractivity contribution in [2.75, 3.05) is 23.7 Å². The van der Waals surface area contributed by atoms with Gasteiger partial charge in [0.1, 0.15) is 11.6 Å². The average molecular weight is 357 g/mol. The van der Waals surface area contributed by atoms with E-state index in [1.165, 1.54) is 0 Å². The number of para-hydroxylation sites is 2. The van der Waals surface area contributed by atoms with Gasteiger partial charge in [0.2, 0.25) is 11.8 Å². The molecule has 0 saturated carbocycles. The lowest BCUT2D eigenvalue weighted by atomic mass is 9.83. The number of fused-ring (bicyclic) bond motifs is 1. The first-order valence-corrected chi connectivity index (χ1v) is 9.52. The molecule has 3 atom stereocenters. The number of likely N-dealkylation sites (tertiary alicyclic amines) is 1. The molecule has 0 bridgehead atoms. The molecule has 0 aliphatic carbocycles. The zero-order valence-electron chi connectivity index (χ0n) is 15.3. The summed E-state index contributed by atoms with van der Waals surface area (Å²) in [6.45, 7) is 5.41. The first-order valence-electron chi connectivity index (χ1n) is 9.52. The number of benzene rings is 1. The van der Waals surface area contributed by atoms with Gasteiger partial charge in [0, 0.05) is 19.1 Å². The molecular formula is C19H27N5O2.